The van der Waals surface area contributed by atoms with Gasteiger partial charge in [0.25, 0.3) is 0 Å². The van der Waals surface area contributed by atoms with E-state index in [2.05, 4.69) is 60.2 Å². The number of nitrogens with zero attached hydrogens (tertiary/aromatic N) is 2. The summed E-state index contributed by atoms with van der Waals surface area (Å²) < 4.78 is 0. The van der Waals surface area contributed by atoms with Gasteiger partial charge in [0.15, 0.2) is 0 Å². The monoisotopic (exact) mass is 413 g/mol. The molecule has 0 saturated carbocycles. The number of rotatable bonds is 6. The number of carbonyl (C=O) groups excluding carboxylic acids is 1. The van der Waals surface area contributed by atoms with Gasteiger partial charge in [-0.05, 0) is 48.6 Å². The largest absolute Gasteiger partial charge is 0.324 e. The number of amides is 1. The van der Waals surface area contributed by atoms with Crippen molar-refractivity contribution in [2.24, 2.45) is 0 Å². The fourth-order valence-electron chi connectivity index (χ4n) is 3.94. The van der Waals surface area contributed by atoms with Gasteiger partial charge in [-0.2, -0.15) is 0 Å². The number of nitrogens with one attached hydrogen (secondary N) is 1. The Morgan fingerprint density at radius 3 is 2.41 bits per heavy atom. The minimum absolute atomic E-state index is 0.0736. The summed E-state index contributed by atoms with van der Waals surface area (Å²) in [7, 11) is 0. The van der Waals surface area contributed by atoms with Crippen molar-refractivity contribution in [1.82, 2.24) is 9.80 Å². The van der Waals surface area contributed by atoms with E-state index >= 15 is 0 Å². The summed E-state index contributed by atoms with van der Waals surface area (Å²) in [6.45, 7) is 13.0. The zero-order valence-electron chi connectivity index (χ0n) is 17.9. The Morgan fingerprint density at radius 2 is 1.76 bits per heavy atom. The van der Waals surface area contributed by atoms with Crippen molar-refractivity contribution in [2.45, 2.75) is 46.2 Å². The molecule has 1 N–H and O–H groups in total. The Kier molecular flexibility index (Phi) is 7.33. The van der Waals surface area contributed by atoms with Crippen LogP contribution in [-0.2, 0) is 11.3 Å². The third-order valence-corrected chi connectivity index (χ3v) is 6.04. The minimum Gasteiger partial charge on any atom is -0.324 e. The van der Waals surface area contributed by atoms with Crippen LogP contribution in [0.4, 0.5) is 5.69 Å². The lowest BCUT2D eigenvalue weighted by molar-refractivity contribution is -0.121. The molecule has 0 radical (unpaired) electrons. The lowest BCUT2D eigenvalue weighted by Crippen LogP contribution is -2.52. The number of halogens is 1. The molecule has 0 unspecified atom stereocenters. The molecular weight excluding hydrogens is 382 g/mol. The molecule has 4 nitrogen and oxygen atoms in total. The Hall–Kier alpha value is -1.88. The average Bonchev–Trinajstić information content (AvgIpc) is 2.69. The fourth-order valence-corrected chi connectivity index (χ4v) is 4.15. The van der Waals surface area contributed by atoms with E-state index in [1.807, 2.05) is 25.1 Å². The fraction of sp³-hybridized carbons (Fsp3) is 0.458. The van der Waals surface area contributed by atoms with E-state index in [9.17, 15) is 4.79 Å². The third kappa shape index (κ3) is 5.59. The van der Waals surface area contributed by atoms with Crippen LogP contribution in [0.3, 0.4) is 0 Å². The van der Waals surface area contributed by atoms with Gasteiger partial charge in [-0.3, -0.25) is 14.6 Å². The van der Waals surface area contributed by atoms with Gasteiger partial charge in [-0.15, -0.1) is 0 Å². The van der Waals surface area contributed by atoms with E-state index in [1.54, 1.807) is 0 Å². The van der Waals surface area contributed by atoms with Crippen molar-refractivity contribution in [2.75, 3.05) is 31.5 Å². The Morgan fingerprint density at radius 1 is 1.07 bits per heavy atom. The van der Waals surface area contributed by atoms with Crippen molar-refractivity contribution in [3.63, 3.8) is 0 Å². The van der Waals surface area contributed by atoms with Crippen LogP contribution in [0.2, 0.25) is 5.02 Å². The second-order valence-corrected chi connectivity index (χ2v) is 8.74. The second-order valence-electron chi connectivity index (χ2n) is 8.30. The highest BCUT2D eigenvalue weighted by Crippen LogP contribution is 2.27. The summed E-state index contributed by atoms with van der Waals surface area (Å²) in [5.74, 6) is 0.444. The van der Waals surface area contributed by atoms with E-state index in [0.29, 0.717) is 5.92 Å². The number of hydrogen-bond acceptors (Lipinski definition) is 3. The number of para-hydroxylation sites is 1. The quantitative estimate of drug-likeness (QED) is 0.730. The number of hydrogen-bond donors (Lipinski definition) is 1. The molecule has 1 fully saturated rings. The Labute approximate surface area is 179 Å². The molecule has 2 aromatic carbocycles. The van der Waals surface area contributed by atoms with E-state index in [0.717, 1.165) is 49.0 Å². The van der Waals surface area contributed by atoms with Crippen molar-refractivity contribution in [3.8, 4) is 0 Å². The average molecular weight is 414 g/mol. The lowest BCUT2D eigenvalue weighted by Gasteiger charge is -2.37. The van der Waals surface area contributed by atoms with E-state index in [4.69, 9.17) is 11.6 Å². The first-order chi connectivity index (χ1) is 13.8. The molecule has 0 bridgehead atoms. The Bertz CT molecular complexity index is 844. The topological polar surface area (TPSA) is 35.6 Å². The van der Waals surface area contributed by atoms with Crippen molar-refractivity contribution in [3.05, 3.63) is 64.2 Å². The van der Waals surface area contributed by atoms with Crippen molar-refractivity contribution in [1.29, 1.82) is 0 Å². The second kappa shape index (κ2) is 9.75. The van der Waals surface area contributed by atoms with Gasteiger partial charge in [-0.1, -0.05) is 55.8 Å². The van der Waals surface area contributed by atoms with Crippen LogP contribution < -0.4 is 5.32 Å². The van der Waals surface area contributed by atoms with E-state index in [-0.39, 0.29) is 11.9 Å². The normalized spacial score (nSPS) is 16.8. The standard InChI is InChI=1S/C24H32ClN3O/c1-17(2)22-10-5-7-18(3)23(22)26-24(29)19(4)28-13-11-27(12-14-28)16-20-8-6-9-21(25)15-20/h5-10,15,17,19H,11-14,16H2,1-4H3,(H,26,29)/t19-/m1/s1. The number of aryl methyl sites for hydroxylation is 1. The summed E-state index contributed by atoms with van der Waals surface area (Å²) in [6, 6.07) is 14.1. The van der Waals surface area contributed by atoms with Crippen LogP contribution in [-0.4, -0.2) is 47.9 Å². The van der Waals surface area contributed by atoms with Gasteiger partial charge in [0.1, 0.15) is 0 Å². The smallest absolute Gasteiger partial charge is 0.241 e. The molecule has 1 aliphatic rings. The maximum Gasteiger partial charge on any atom is 0.241 e. The van der Waals surface area contributed by atoms with Crippen molar-refractivity contribution >= 4 is 23.2 Å². The predicted molar refractivity (Wildman–Crippen MR) is 122 cm³/mol. The molecule has 1 atom stereocenters. The zero-order valence-corrected chi connectivity index (χ0v) is 18.7. The van der Waals surface area contributed by atoms with Gasteiger partial charge >= 0.3 is 0 Å². The van der Waals surface area contributed by atoms with Crippen LogP contribution in [0.25, 0.3) is 0 Å². The summed E-state index contributed by atoms with van der Waals surface area (Å²) >= 11 is 6.10. The van der Waals surface area contributed by atoms with Crippen LogP contribution in [0.5, 0.6) is 0 Å². The molecule has 1 aliphatic heterocycles. The molecule has 2 aromatic rings. The molecule has 0 aliphatic carbocycles. The molecule has 156 valence electrons. The number of carbonyl (C=O) groups is 1. The molecule has 1 amide bonds. The highest BCUT2D eigenvalue weighted by molar-refractivity contribution is 6.30. The van der Waals surface area contributed by atoms with Crippen LogP contribution >= 0.6 is 11.6 Å². The van der Waals surface area contributed by atoms with Crippen molar-refractivity contribution < 1.29 is 4.79 Å². The van der Waals surface area contributed by atoms with E-state index in [1.165, 1.54) is 11.1 Å². The van der Waals surface area contributed by atoms with E-state index < -0.39 is 0 Å². The van der Waals surface area contributed by atoms with Gasteiger partial charge in [-0.25, -0.2) is 0 Å². The SMILES string of the molecule is Cc1cccc(C(C)C)c1NC(=O)[C@@H](C)N1CCN(Cc2cccc(Cl)c2)CC1. The molecule has 1 saturated heterocycles. The first kappa shape index (κ1) is 21.8. The molecule has 3 rings (SSSR count). The van der Waals surface area contributed by atoms with Crippen LogP contribution in [0.1, 0.15) is 43.4 Å². The van der Waals surface area contributed by atoms with Crippen LogP contribution in [0, 0.1) is 6.92 Å². The van der Waals surface area contributed by atoms with Gasteiger partial charge in [0.2, 0.25) is 5.91 Å². The van der Waals surface area contributed by atoms with Gasteiger partial charge in [0, 0.05) is 43.4 Å². The summed E-state index contributed by atoms with van der Waals surface area (Å²) in [6.07, 6.45) is 0. The molecule has 0 aromatic heterocycles. The van der Waals surface area contributed by atoms with Gasteiger partial charge in [0.05, 0.1) is 6.04 Å². The van der Waals surface area contributed by atoms with Crippen LogP contribution in [0.15, 0.2) is 42.5 Å². The summed E-state index contributed by atoms with van der Waals surface area (Å²) in [4.78, 5) is 17.7. The minimum atomic E-state index is -0.150. The molecular formula is C24H32ClN3O. The summed E-state index contributed by atoms with van der Waals surface area (Å²) in [5.41, 5.74) is 4.51. The number of benzene rings is 2. The maximum absolute atomic E-state index is 13.0. The first-order valence-electron chi connectivity index (χ1n) is 10.5. The Balaban J connectivity index is 1.57. The first-order valence-corrected chi connectivity index (χ1v) is 10.8. The maximum atomic E-state index is 13.0. The summed E-state index contributed by atoms with van der Waals surface area (Å²) in [5, 5.41) is 3.99. The lowest BCUT2D eigenvalue weighted by atomic mass is 9.98. The number of anilines is 1. The zero-order chi connectivity index (χ0) is 21.0. The molecule has 5 heteroatoms. The molecule has 29 heavy (non-hydrogen) atoms. The molecule has 1 heterocycles. The van der Waals surface area contributed by atoms with Gasteiger partial charge < -0.3 is 5.32 Å². The molecule has 0 spiro atoms. The highest BCUT2D eigenvalue weighted by atomic mass is 35.5. The highest BCUT2D eigenvalue weighted by Gasteiger charge is 2.26. The predicted octanol–water partition coefficient (Wildman–Crippen LogP) is 4.92. The number of piperazine rings is 1. The third-order valence-electron chi connectivity index (χ3n) is 5.80.